The maximum Gasteiger partial charge on any atom is 0.234 e. The number of nitrogens with zero attached hydrogens (tertiary/aromatic N) is 2. The molecule has 0 radical (unpaired) electrons. The highest BCUT2D eigenvalue weighted by Crippen LogP contribution is 2.33. The monoisotopic (exact) mass is 385 g/mol. The van der Waals surface area contributed by atoms with Crippen LogP contribution in [0.3, 0.4) is 0 Å². The van der Waals surface area contributed by atoms with E-state index in [0.29, 0.717) is 17.6 Å². The number of anilines is 1. The quantitative estimate of drug-likeness (QED) is 0.439. The molecule has 0 unspecified atom stereocenters. The van der Waals surface area contributed by atoms with Gasteiger partial charge in [0, 0.05) is 11.1 Å². The van der Waals surface area contributed by atoms with Gasteiger partial charge in [0.05, 0.1) is 5.75 Å². The molecule has 3 rings (SSSR count). The van der Waals surface area contributed by atoms with E-state index in [4.69, 9.17) is 0 Å². The lowest BCUT2D eigenvalue weighted by Crippen LogP contribution is -2.17. The zero-order valence-corrected chi connectivity index (χ0v) is 17.1. The Hall–Kier alpha value is -1.92. The third kappa shape index (κ3) is 4.07. The maximum atomic E-state index is 12.6. The van der Waals surface area contributed by atoms with Crippen LogP contribution in [-0.4, -0.2) is 21.6 Å². The summed E-state index contributed by atoms with van der Waals surface area (Å²) in [5.41, 5.74) is 3.32. The van der Waals surface area contributed by atoms with Gasteiger partial charge >= 0.3 is 0 Å². The van der Waals surface area contributed by atoms with Gasteiger partial charge in [0.15, 0.2) is 0 Å². The molecule has 0 aliphatic carbocycles. The van der Waals surface area contributed by atoms with Crippen molar-refractivity contribution in [3.63, 3.8) is 0 Å². The third-order valence-corrected chi connectivity index (χ3v) is 6.03. The van der Waals surface area contributed by atoms with Crippen LogP contribution in [0.5, 0.6) is 0 Å². The van der Waals surface area contributed by atoms with E-state index < -0.39 is 0 Å². The zero-order chi connectivity index (χ0) is 18.7. The summed E-state index contributed by atoms with van der Waals surface area (Å²) >= 11 is 3.04. The number of benzene rings is 1. The van der Waals surface area contributed by atoms with Crippen LogP contribution in [0.15, 0.2) is 41.0 Å². The minimum absolute atomic E-state index is 0.00741. The highest BCUT2D eigenvalue weighted by Gasteiger charge is 2.16. The number of aromatic nitrogens is 2. The Bertz CT molecular complexity index is 892. The van der Waals surface area contributed by atoms with Crippen molar-refractivity contribution < 1.29 is 4.79 Å². The highest BCUT2D eigenvalue weighted by molar-refractivity contribution is 8.00. The fraction of sp³-hybridized carbons (Fsp3) is 0.350. The SMILES string of the molecule is CC(C)c1cccc(C(C)C)c1NC(=O)CSc1ncnc2sccc12. The van der Waals surface area contributed by atoms with Crippen LogP contribution in [0.4, 0.5) is 5.69 Å². The van der Waals surface area contributed by atoms with Gasteiger partial charge in [-0.15, -0.1) is 11.3 Å². The van der Waals surface area contributed by atoms with Gasteiger partial charge < -0.3 is 5.32 Å². The largest absolute Gasteiger partial charge is 0.325 e. The Balaban J connectivity index is 1.77. The Labute approximate surface area is 162 Å². The first-order valence-corrected chi connectivity index (χ1v) is 10.6. The lowest BCUT2D eigenvalue weighted by Gasteiger charge is -2.20. The van der Waals surface area contributed by atoms with E-state index in [2.05, 4.69) is 61.2 Å². The second kappa shape index (κ2) is 8.18. The molecule has 0 atom stereocenters. The Kier molecular flexibility index (Phi) is 5.94. The molecule has 2 aromatic heterocycles. The van der Waals surface area contributed by atoms with E-state index in [1.807, 2.05) is 11.4 Å². The van der Waals surface area contributed by atoms with Crippen LogP contribution in [0.1, 0.15) is 50.7 Å². The summed E-state index contributed by atoms with van der Waals surface area (Å²) in [7, 11) is 0. The van der Waals surface area contributed by atoms with Crippen molar-refractivity contribution in [2.75, 3.05) is 11.1 Å². The summed E-state index contributed by atoms with van der Waals surface area (Å²) in [6, 6.07) is 8.27. The van der Waals surface area contributed by atoms with Gasteiger partial charge in [-0.1, -0.05) is 57.7 Å². The number of hydrogen-bond acceptors (Lipinski definition) is 5. The predicted octanol–water partition coefficient (Wildman–Crippen LogP) is 5.67. The second-order valence-corrected chi connectivity index (χ2v) is 8.63. The molecule has 3 aromatic rings. The van der Waals surface area contributed by atoms with Gasteiger partial charge in [0.2, 0.25) is 5.91 Å². The molecule has 0 fully saturated rings. The van der Waals surface area contributed by atoms with E-state index in [0.717, 1.165) is 20.9 Å². The summed E-state index contributed by atoms with van der Waals surface area (Å²) in [4.78, 5) is 22.2. The first-order chi connectivity index (χ1) is 12.5. The van der Waals surface area contributed by atoms with E-state index in [1.165, 1.54) is 22.9 Å². The van der Waals surface area contributed by atoms with Crippen LogP contribution in [-0.2, 0) is 4.79 Å². The Morgan fingerprint density at radius 1 is 1.12 bits per heavy atom. The molecule has 1 N–H and O–H groups in total. The average molecular weight is 386 g/mol. The topological polar surface area (TPSA) is 54.9 Å². The van der Waals surface area contributed by atoms with Crippen molar-refractivity contribution in [3.8, 4) is 0 Å². The van der Waals surface area contributed by atoms with Crippen LogP contribution >= 0.6 is 23.1 Å². The number of para-hydroxylation sites is 1. The number of thiophene rings is 1. The van der Waals surface area contributed by atoms with Crippen molar-refractivity contribution in [1.82, 2.24) is 9.97 Å². The number of nitrogens with one attached hydrogen (secondary N) is 1. The van der Waals surface area contributed by atoms with Crippen LogP contribution < -0.4 is 5.32 Å². The standard InChI is InChI=1S/C20H23N3OS2/c1-12(2)14-6-5-7-15(13(3)4)18(14)23-17(24)10-26-20-16-8-9-25-19(16)21-11-22-20/h5-9,11-13H,10H2,1-4H3,(H,23,24). The predicted molar refractivity (Wildman–Crippen MR) is 111 cm³/mol. The molecule has 4 nitrogen and oxygen atoms in total. The fourth-order valence-electron chi connectivity index (χ4n) is 2.89. The van der Waals surface area contributed by atoms with Gasteiger partial charge in [-0.25, -0.2) is 9.97 Å². The van der Waals surface area contributed by atoms with Crippen molar-refractivity contribution in [2.45, 2.75) is 44.6 Å². The van der Waals surface area contributed by atoms with Crippen LogP contribution in [0, 0.1) is 0 Å². The Morgan fingerprint density at radius 3 is 2.46 bits per heavy atom. The van der Waals surface area contributed by atoms with Crippen LogP contribution in [0.2, 0.25) is 0 Å². The summed E-state index contributed by atoms with van der Waals surface area (Å²) in [6.07, 6.45) is 1.56. The number of hydrogen-bond donors (Lipinski definition) is 1. The third-order valence-electron chi connectivity index (χ3n) is 4.20. The lowest BCUT2D eigenvalue weighted by atomic mass is 9.92. The molecule has 1 aromatic carbocycles. The number of thioether (sulfide) groups is 1. The second-order valence-electron chi connectivity index (χ2n) is 6.78. The molecule has 26 heavy (non-hydrogen) atoms. The molecule has 0 saturated heterocycles. The van der Waals surface area contributed by atoms with E-state index >= 15 is 0 Å². The van der Waals surface area contributed by atoms with Gasteiger partial charge in [0.1, 0.15) is 16.2 Å². The highest BCUT2D eigenvalue weighted by atomic mass is 32.2. The van der Waals surface area contributed by atoms with Gasteiger partial charge in [-0.2, -0.15) is 0 Å². The van der Waals surface area contributed by atoms with Crippen LogP contribution in [0.25, 0.3) is 10.2 Å². The van der Waals surface area contributed by atoms with E-state index in [-0.39, 0.29) is 5.91 Å². The molecule has 0 saturated carbocycles. The molecular formula is C20H23N3OS2. The summed E-state index contributed by atoms with van der Waals surface area (Å²) in [5.74, 6) is 1.02. The summed E-state index contributed by atoms with van der Waals surface area (Å²) in [5, 5.41) is 7.02. The molecule has 0 aliphatic heterocycles. The molecule has 1 amide bonds. The molecule has 2 heterocycles. The molecule has 0 aliphatic rings. The number of carbonyl (C=O) groups is 1. The minimum atomic E-state index is -0.00741. The number of amides is 1. The maximum absolute atomic E-state index is 12.6. The summed E-state index contributed by atoms with van der Waals surface area (Å²) < 4.78 is 0. The normalized spacial score (nSPS) is 11.5. The van der Waals surface area contributed by atoms with Crippen molar-refractivity contribution >= 4 is 44.9 Å². The van der Waals surface area contributed by atoms with E-state index in [9.17, 15) is 4.79 Å². The Morgan fingerprint density at radius 2 is 1.81 bits per heavy atom. The molecule has 136 valence electrons. The number of rotatable bonds is 6. The molecule has 6 heteroatoms. The first-order valence-electron chi connectivity index (χ1n) is 8.71. The van der Waals surface area contributed by atoms with Crippen molar-refractivity contribution in [2.24, 2.45) is 0 Å². The average Bonchev–Trinajstić information content (AvgIpc) is 3.09. The number of carbonyl (C=O) groups excluding carboxylic acids is 1. The molecular weight excluding hydrogens is 362 g/mol. The van der Waals surface area contributed by atoms with Crippen molar-refractivity contribution in [3.05, 3.63) is 47.1 Å². The first kappa shape index (κ1) is 18.9. The summed E-state index contributed by atoms with van der Waals surface area (Å²) in [6.45, 7) is 8.60. The smallest absolute Gasteiger partial charge is 0.234 e. The lowest BCUT2D eigenvalue weighted by molar-refractivity contribution is -0.113. The van der Waals surface area contributed by atoms with E-state index in [1.54, 1.807) is 17.7 Å². The van der Waals surface area contributed by atoms with Gasteiger partial charge in [-0.3, -0.25) is 4.79 Å². The number of fused-ring (bicyclic) bond motifs is 1. The molecule has 0 spiro atoms. The van der Waals surface area contributed by atoms with Gasteiger partial charge in [-0.05, 0) is 34.4 Å². The van der Waals surface area contributed by atoms with Crippen molar-refractivity contribution in [1.29, 1.82) is 0 Å². The zero-order valence-electron chi connectivity index (χ0n) is 15.4. The van der Waals surface area contributed by atoms with Gasteiger partial charge in [0.25, 0.3) is 0 Å². The minimum Gasteiger partial charge on any atom is -0.325 e. The fourth-order valence-corrected chi connectivity index (χ4v) is 4.47. The molecule has 0 bridgehead atoms.